The van der Waals surface area contributed by atoms with Crippen molar-refractivity contribution >= 4 is 22.6 Å². The van der Waals surface area contributed by atoms with Gasteiger partial charge in [0, 0.05) is 10.2 Å². The molecule has 1 N–H and O–H groups in total. The molecule has 1 aliphatic carbocycles. The van der Waals surface area contributed by atoms with Crippen molar-refractivity contribution in [3.05, 3.63) is 33.1 Å². The third-order valence-electron chi connectivity index (χ3n) is 4.06. The second-order valence-corrected chi connectivity index (χ2v) is 6.59. The molecule has 0 atom stereocenters. The topological polar surface area (TPSA) is 20.2 Å². The molecule has 0 aromatic heterocycles. The Balaban J connectivity index is 1.81. The molecule has 1 saturated carbocycles. The quantitative estimate of drug-likeness (QED) is 0.798. The van der Waals surface area contributed by atoms with Gasteiger partial charge in [-0.05, 0) is 77.8 Å². The first-order valence-electron chi connectivity index (χ1n) is 6.74. The standard InChI is InChI=1S/C15H20FIO/c16-15-9-14(17)8-7-13(15)6-5-11-1-3-12(10-18)4-2-11/h7-9,11-12,18H,1-6,10H2. The van der Waals surface area contributed by atoms with Gasteiger partial charge < -0.3 is 5.11 Å². The molecule has 0 spiro atoms. The summed E-state index contributed by atoms with van der Waals surface area (Å²) < 4.78 is 14.6. The lowest BCUT2D eigenvalue weighted by Gasteiger charge is -2.27. The summed E-state index contributed by atoms with van der Waals surface area (Å²) in [4.78, 5) is 0. The highest BCUT2D eigenvalue weighted by atomic mass is 127. The van der Waals surface area contributed by atoms with Crippen LogP contribution in [0, 0.1) is 21.2 Å². The third-order valence-corrected chi connectivity index (χ3v) is 4.73. The van der Waals surface area contributed by atoms with Crippen molar-refractivity contribution in [2.75, 3.05) is 6.61 Å². The predicted octanol–water partition coefficient (Wildman–Crippen LogP) is 4.16. The van der Waals surface area contributed by atoms with E-state index in [0.29, 0.717) is 18.4 Å². The highest BCUT2D eigenvalue weighted by Gasteiger charge is 2.20. The van der Waals surface area contributed by atoms with Crippen LogP contribution in [-0.4, -0.2) is 11.7 Å². The average molecular weight is 362 g/mol. The molecule has 1 aromatic carbocycles. The Morgan fingerprint density at radius 1 is 1.17 bits per heavy atom. The smallest absolute Gasteiger partial charge is 0.127 e. The molecule has 1 aromatic rings. The zero-order chi connectivity index (χ0) is 13.0. The molecule has 100 valence electrons. The fraction of sp³-hybridized carbons (Fsp3) is 0.600. The first-order chi connectivity index (χ1) is 8.69. The number of rotatable bonds is 4. The average Bonchev–Trinajstić information content (AvgIpc) is 2.38. The Morgan fingerprint density at radius 2 is 1.83 bits per heavy atom. The van der Waals surface area contributed by atoms with Crippen molar-refractivity contribution in [3.8, 4) is 0 Å². The van der Waals surface area contributed by atoms with Gasteiger partial charge in [0.2, 0.25) is 0 Å². The van der Waals surface area contributed by atoms with Crippen LogP contribution in [0.2, 0.25) is 0 Å². The van der Waals surface area contributed by atoms with Gasteiger partial charge in [0.05, 0.1) is 0 Å². The molecule has 18 heavy (non-hydrogen) atoms. The minimum atomic E-state index is -0.0639. The molecule has 1 aliphatic rings. The van der Waals surface area contributed by atoms with Crippen molar-refractivity contribution in [2.45, 2.75) is 38.5 Å². The van der Waals surface area contributed by atoms with Crippen LogP contribution in [0.15, 0.2) is 18.2 Å². The van der Waals surface area contributed by atoms with Crippen LogP contribution in [0.4, 0.5) is 4.39 Å². The SMILES string of the molecule is OCC1CCC(CCc2ccc(I)cc2F)CC1. The van der Waals surface area contributed by atoms with Crippen molar-refractivity contribution < 1.29 is 9.50 Å². The number of aliphatic hydroxyl groups excluding tert-OH is 1. The summed E-state index contributed by atoms with van der Waals surface area (Å²) in [5.74, 6) is 1.16. The highest BCUT2D eigenvalue weighted by Crippen LogP contribution is 2.31. The first-order valence-corrected chi connectivity index (χ1v) is 7.81. The van der Waals surface area contributed by atoms with Crippen LogP contribution in [0.5, 0.6) is 0 Å². The number of aliphatic hydroxyl groups is 1. The lowest BCUT2D eigenvalue weighted by atomic mass is 9.80. The number of hydrogen-bond donors (Lipinski definition) is 1. The Labute approximate surface area is 122 Å². The Hall–Kier alpha value is -0.160. The summed E-state index contributed by atoms with van der Waals surface area (Å²) in [7, 11) is 0. The van der Waals surface area contributed by atoms with E-state index in [1.165, 1.54) is 12.8 Å². The Kier molecular flexibility index (Phi) is 5.42. The maximum Gasteiger partial charge on any atom is 0.127 e. The van der Waals surface area contributed by atoms with Gasteiger partial charge in [-0.3, -0.25) is 0 Å². The number of aryl methyl sites for hydroxylation is 1. The minimum absolute atomic E-state index is 0.0639. The summed E-state index contributed by atoms with van der Waals surface area (Å²) in [6.45, 7) is 0.332. The third kappa shape index (κ3) is 3.92. The first kappa shape index (κ1) is 14.3. The molecule has 0 amide bonds. The van der Waals surface area contributed by atoms with Crippen LogP contribution in [0.25, 0.3) is 0 Å². The fourth-order valence-corrected chi connectivity index (χ4v) is 3.24. The molecule has 0 aliphatic heterocycles. The van der Waals surface area contributed by atoms with E-state index < -0.39 is 0 Å². The fourth-order valence-electron chi connectivity index (χ4n) is 2.79. The zero-order valence-corrected chi connectivity index (χ0v) is 12.7. The van der Waals surface area contributed by atoms with Crippen LogP contribution < -0.4 is 0 Å². The number of hydrogen-bond acceptors (Lipinski definition) is 1. The molecule has 1 fully saturated rings. The van der Waals surface area contributed by atoms with Crippen LogP contribution in [-0.2, 0) is 6.42 Å². The van der Waals surface area contributed by atoms with Gasteiger partial charge in [-0.2, -0.15) is 0 Å². The highest BCUT2D eigenvalue weighted by molar-refractivity contribution is 14.1. The maximum atomic E-state index is 13.7. The van der Waals surface area contributed by atoms with E-state index in [1.807, 2.05) is 12.1 Å². The van der Waals surface area contributed by atoms with Crippen molar-refractivity contribution in [1.82, 2.24) is 0 Å². The summed E-state index contributed by atoms with van der Waals surface area (Å²) in [5, 5.41) is 9.10. The second-order valence-electron chi connectivity index (χ2n) is 5.34. The zero-order valence-electron chi connectivity index (χ0n) is 10.5. The van der Waals surface area contributed by atoms with E-state index >= 15 is 0 Å². The van der Waals surface area contributed by atoms with Gasteiger partial charge in [-0.15, -0.1) is 0 Å². The molecule has 0 bridgehead atoms. The van der Waals surface area contributed by atoms with E-state index in [0.717, 1.165) is 34.8 Å². The van der Waals surface area contributed by atoms with Crippen LogP contribution in [0.3, 0.4) is 0 Å². The Morgan fingerprint density at radius 3 is 2.44 bits per heavy atom. The summed E-state index contributed by atoms with van der Waals surface area (Å²) >= 11 is 2.14. The summed E-state index contributed by atoms with van der Waals surface area (Å²) in [5.41, 5.74) is 0.847. The maximum absolute atomic E-state index is 13.7. The lowest BCUT2D eigenvalue weighted by Crippen LogP contribution is -2.17. The lowest BCUT2D eigenvalue weighted by molar-refractivity contribution is 0.164. The van der Waals surface area contributed by atoms with E-state index in [-0.39, 0.29) is 5.82 Å². The normalized spacial score (nSPS) is 24.2. The second kappa shape index (κ2) is 6.85. The Bertz CT molecular complexity index is 386. The molecule has 0 saturated heterocycles. The molecule has 0 radical (unpaired) electrons. The predicted molar refractivity (Wildman–Crippen MR) is 80.0 cm³/mol. The molecular formula is C15H20FIO. The summed E-state index contributed by atoms with van der Waals surface area (Å²) in [6, 6.07) is 5.50. The summed E-state index contributed by atoms with van der Waals surface area (Å²) in [6.07, 6.45) is 6.58. The van der Waals surface area contributed by atoms with Crippen molar-refractivity contribution in [1.29, 1.82) is 0 Å². The van der Waals surface area contributed by atoms with Crippen molar-refractivity contribution in [3.63, 3.8) is 0 Å². The molecule has 2 rings (SSSR count). The van der Waals surface area contributed by atoms with Crippen LogP contribution >= 0.6 is 22.6 Å². The number of halogens is 2. The van der Waals surface area contributed by atoms with Gasteiger partial charge in [0.1, 0.15) is 5.82 Å². The van der Waals surface area contributed by atoms with Crippen molar-refractivity contribution in [2.24, 2.45) is 11.8 Å². The van der Waals surface area contributed by atoms with E-state index in [4.69, 9.17) is 5.11 Å². The van der Waals surface area contributed by atoms with Crippen LogP contribution in [0.1, 0.15) is 37.7 Å². The van der Waals surface area contributed by atoms with Gasteiger partial charge in [0.25, 0.3) is 0 Å². The molecule has 0 heterocycles. The van der Waals surface area contributed by atoms with Gasteiger partial charge >= 0.3 is 0 Å². The van der Waals surface area contributed by atoms with E-state index in [1.54, 1.807) is 6.07 Å². The minimum Gasteiger partial charge on any atom is -0.396 e. The van der Waals surface area contributed by atoms with E-state index in [9.17, 15) is 4.39 Å². The molecular weight excluding hydrogens is 342 g/mol. The monoisotopic (exact) mass is 362 g/mol. The molecule has 0 unspecified atom stereocenters. The molecule has 1 nitrogen and oxygen atoms in total. The number of benzene rings is 1. The van der Waals surface area contributed by atoms with E-state index in [2.05, 4.69) is 22.6 Å². The van der Waals surface area contributed by atoms with Gasteiger partial charge in [0.15, 0.2) is 0 Å². The van der Waals surface area contributed by atoms with Gasteiger partial charge in [-0.1, -0.05) is 18.9 Å². The van der Waals surface area contributed by atoms with Gasteiger partial charge in [-0.25, -0.2) is 4.39 Å². The largest absolute Gasteiger partial charge is 0.396 e. The molecule has 3 heteroatoms.